The van der Waals surface area contributed by atoms with E-state index < -0.39 is 11.9 Å². The number of halogens is 2. The van der Waals surface area contributed by atoms with Gasteiger partial charge in [0.25, 0.3) is 0 Å². The zero-order valence-electron chi connectivity index (χ0n) is 18.1. The number of hydrogen-bond donors (Lipinski definition) is 3. The third-order valence-electron chi connectivity index (χ3n) is 5.48. The molecule has 174 valence electrons. The standard InChI is InChI=1S/C22H25ClFN7O2/c1-13(29-16-4-6-26-7-5-16)21(30-25)14-8-19(22-17(23)10-28-31(22)11-14)33-20(12-32)18-3-2-15(24)9-27-18/h2-3,8-11,16,20,26,32H,4-7,12,25H2,1H3/b29-13?,30-21+. The molecule has 0 aromatic carbocycles. The minimum absolute atomic E-state index is 0.199. The number of aliphatic hydroxyl groups is 1. The van der Waals surface area contributed by atoms with E-state index in [0.29, 0.717) is 39.0 Å². The number of aliphatic hydroxyl groups excluding tert-OH is 1. The summed E-state index contributed by atoms with van der Waals surface area (Å²) in [6.45, 7) is 3.33. The fourth-order valence-electron chi connectivity index (χ4n) is 3.84. The fraction of sp³-hybridized carbons (Fsp3) is 0.364. The van der Waals surface area contributed by atoms with E-state index in [2.05, 4.69) is 20.5 Å². The van der Waals surface area contributed by atoms with Gasteiger partial charge >= 0.3 is 0 Å². The van der Waals surface area contributed by atoms with Gasteiger partial charge in [-0.25, -0.2) is 8.91 Å². The molecule has 3 aromatic rings. The summed E-state index contributed by atoms with van der Waals surface area (Å²) in [6, 6.07) is 4.64. The van der Waals surface area contributed by atoms with Gasteiger partial charge in [0.05, 0.1) is 41.5 Å². The highest BCUT2D eigenvalue weighted by Crippen LogP contribution is 2.32. The monoisotopic (exact) mass is 473 g/mol. The highest BCUT2D eigenvalue weighted by Gasteiger charge is 2.21. The first-order valence-electron chi connectivity index (χ1n) is 10.6. The molecular weight excluding hydrogens is 449 g/mol. The first kappa shape index (κ1) is 23.1. The average molecular weight is 474 g/mol. The van der Waals surface area contributed by atoms with Crippen LogP contribution in [0.3, 0.4) is 0 Å². The van der Waals surface area contributed by atoms with Crippen LogP contribution in [-0.4, -0.2) is 56.9 Å². The van der Waals surface area contributed by atoms with Gasteiger partial charge in [0.15, 0.2) is 6.10 Å². The number of nitrogens with one attached hydrogen (secondary N) is 1. The molecule has 33 heavy (non-hydrogen) atoms. The zero-order chi connectivity index (χ0) is 23.4. The van der Waals surface area contributed by atoms with Crippen molar-refractivity contribution in [3.8, 4) is 5.75 Å². The number of nitrogens with two attached hydrogens (primary N) is 1. The van der Waals surface area contributed by atoms with E-state index in [9.17, 15) is 9.50 Å². The smallest absolute Gasteiger partial charge is 0.163 e. The van der Waals surface area contributed by atoms with Gasteiger partial charge in [-0.15, -0.1) is 0 Å². The number of pyridine rings is 2. The second kappa shape index (κ2) is 10.2. The Hall–Kier alpha value is -3.08. The molecule has 11 heteroatoms. The van der Waals surface area contributed by atoms with E-state index in [0.717, 1.165) is 32.1 Å². The van der Waals surface area contributed by atoms with Crippen molar-refractivity contribution in [1.82, 2.24) is 19.9 Å². The Kier molecular flexibility index (Phi) is 7.17. The fourth-order valence-corrected chi connectivity index (χ4v) is 4.06. The molecule has 3 aromatic heterocycles. The Balaban J connectivity index is 1.71. The van der Waals surface area contributed by atoms with E-state index in [4.69, 9.17) is 27.2 Å². The van der Waals surface area contributed by atoms with Crippen molar-refractivity contribution < 1.29 is 14.2 Å². The average Bonchev–Trinajstić information content (AvgIpc) is 3.20. The minimum Gasteiger partial charge on any atom is -0.479 e. The number of hydrogen-bond acceptors (Lipinski definition) is 8. The van der Waals surface area contributed by atoms with E-state index in [1.807, 2.05) is 6.92 Å². The summed E-state index contributed by atoms with van der Waals surface area (Å²) >= 11 is 6.35. The van der Waals surface area contributed by atoms with Crippen LogP contribution in [0.5, 0.6) is 5.75 Å². The van der Waals surface area contributed by atoms with Crippen LogP contribution in [0.4, 0.5) is 4.39 Å². The second-order valence-corrected chi connectivity index (χ2v) is 8.15. The van der Waals surface area contributed by atoms with Gasteiger partial charge in [0, 0.05) is 11.8 Å². The van der Waals surface area contributed by atoms with Crippen LogP contribution >= 0.6 is 11.6 Å². The van der Waals surface area contributed by atoms with Crippen molar-refractivity contribution in [3.63, 3.8) is 0 Å². The van der Waals surface area contributed by atoms with Gasteiger partial charge in [-0.1, -0.05) is 11.6 Å². The molecule has 9 nitrogen and oxygen atoms in total. The lowest BCUT2D eigenvalue weighted by atomic mass is 10.0. The van der Waals surface area contributed by atoms with Crippen molar-refractivity contribution in [3.05, 3.63) is 58.9 Å². The molecule has 4 N–H and O–H groups in total. The van der Waals surface area contributed by atoms with Crippen LogP contribution in [-0.2, 0) is 0 Å². The summed E-state index contributed by atoms with van der Waals surface area (Å²) in [7, 11) is 0. The lowest BCUT2D eigenvalue weighted by molar-refractivity contribution is 0.114. The van der Waals surface area contributed by atoms with E-state index >= 15 is 0 Å². The summed E-state index contributed by atoms with van der Waals surface area (Å²) in [5.41, 5.74) is 2.69. The van der Waals surface area contributed by atoms with Crippen molar-refractivity contribution in [1.29, 1.82) is 0 Å². The Bertz CT molecular complexity index is 1170. The number of nitrogens with zero attached hydrogens (tertiary/aromatic N) is 5. The molecule has 1 aliphatic heterocycles. The largest absolute Gasteiger partial charge is 0.479 e. The van der Waals surface area contributed by atoms with Gasteiger partial charge in [-0.3, -0.25) is 9.98 Å². The number of ether oxygens (including phenoxy) is 1. The quantitative estimate of drug-likeness (QED) is 0.275. The van der Waals surface area contributed by atoms with Crippen LogP contribution in [0, 0.1) is 5.82 Å². The third kappa shape index (κ3) is 5.13. The summed E-state index contributed by atoms with van der Waals surface area (Å²) in [5.74, 6) is 5.62. The van der Waals surface area contributed by atoms with Crippen LogP contribution < -0.4 is 15.9 Å². The van der Waals surface area contributed by atoms with Crippen LogP contribution in [0.15, 0.2) is 46.9 Å². The normalized spacial score (nSPS) is 16.8. The molecular formula is C22H25ClFN7O2. The summed E-state index contributed by atoms with van der Waals surface area (Å²) in [6.07, 6.45) is 5.34. The molecule has 4 rings (SSSR count). The molecule has 1 saturated heterocycles. The van der Waals surface area contributed by atoms with Gasteiger partial charge in [0.1, 0.15) is 22.8 Å². The SMILES string of the molecule is CC(=NC1CCNCC1)/C(=N\N)c1cc(OC(CO)c2ccc(F)cn2)c2c(Cl)cnn2c1. The molecule has 1 unspecified atom stereocenters. The Morgan fingerprint density at radius 3 is 2.85 bits per heavy atom. The van der Waals surface area contributed by atoms with Gasteiger partial charge < -0.3 is 21.0 Å². The number of piperidine rings is 1. The topological polar surface area (TPSA) is 122 Å². The van der Waals surface area contributed by atoms with E-state index in [1.165, 1.54) is 18.3 Å². The Morgan fingerprint density at radius 1 is 1.39 bits per heavy atom. The van der Waals surface area contributed by atoms with E-state index in [-0.39, 0.29) is 12.6 Å². The molecule has 0 aliphatic carbocycles. The van der Waals surface area contributed by atoms with Crippen LogP contribution in [0.1, 0.15) is 37.1 Å². The third-order valence-corrected chi connectivity index (χ3v) is 5.75. The molecule has 4 heterocycles. The highest BCUT2D eigenvalue weighted by molar-refractivity contribution is 6.47. The molecule has 1 fully saturated rings. The molecule has 0 radical (unpaired) electrons. The number of rotatable bonds is 7. The number of aromatic nitrogens is 3. The first-order chi connectivity index (χ1) is 16.0. The predicted molar refractivity (Wildman–Crippen MR) is 125 cm³/mol. The maximum absolute atomic E-state index is 13.3. The van der Waals surface area contributed by atoms with Crippen molar-refractivity contribution in [2.45, 2.75) is 31.9 Å². The summed E-state index contributed by atoms with van der Waals surface area (Å²) in [4.78, 5) is 8.83. The number of fused-ring (bicyclic) bond motifs is 1. The second-order valence-electron chi connectivity index (χ2n) is 7.74. The minimum atomic E-state index is -0.849. The van der Waals surface area contributed by atoms with E-state index in [1.54, 1.807) is 16.8 Å². The van der Waals surface area contributed by atoms with Gasteiger partial charge in [0.2, 0.25) is 0 Å². The summed E-state index contributed by atoms with van der Waals surface area (Å²) in [5, 5.41) is 21.9. The molecule has 0 saturated carbocycles. The van der Waals surface area contributed by atoms with Crippen molar-refractivity contribution in [2.24, 2.45) is 15.9 Å². The van der Waals surface area contributed by atoms with Crippen molar-refractivity contribution in [2.75, 3.05) is 19.7 Å². The first-order valence-corrected chi connectivity index (χ1v) is 11.0. The number of hydrazone groups is 1. The predicted octanol–water partition coefficient (Wildman–Crippen LogP) is 2.51. The van der Waals surface area contributed by atoms with Crippen LogP contribution in [0.25, 0.3) is 5.52 Å². The molecule has 0 spiro atoms. The number of aliphatic imine (C=N–C) groups is 1. The lowest BCUT2D eigenvalue weighted by Gasteiger charge is -2.20. The summed E-state index contributed by atoms with van der Waals surface area (Å²) < 4.78 is 20.9. The highest BCUT2D eigenvalue weighted by atomic mass is 35.5. The van der Waals surface area contributed by atoms with Gasteiger partial charge in [-0.05, 0) is 51.1 Å². The van der Waals surface area contributed by atoms with Crippen molar-refractivity contribution >= 4 is 28.5 Å². The Labute approximate surface area is 195 Å². The maximum Gasteiger partial charge on any atom is 0.163 e. The van der Waals surface area contributed by atoms with Gasteiger partial charge in [-0.2, -0.15) is 10.2 Å². The lowest BCUT2D eigenvalue weighted by Crippen LogP contribution is -2.31. The maximum atomic E-state index is 13.3. The molecule has 1 aliphatic rings. The van der Waals surface area contributed by atoms with Crippen LogP contribution in [0.2, 0.25) is 5.02 Å². The molecule has 0 amide bonds. The zero-order valence-corrected chi connectivity index (χ0v) is 18.8. The Morgan fingerprint density at radius 2 is 2.18 bits per heavy atom. The molecule has 0 bridgehead atoms. The molecule has 1 atom stereocenters.